The molecule has 1 unspecified atom stereocenters. The predicted octanol–water partition coefficient (Wildman–Crippen LogP) is 4.92. The summed E-state index contributed by atoms with van der Waals surface area (Å²) in [5.41, 5.74) is 4.39. The standard InChI is InChI=1S/C35H43N3O6S/c1-2-22-36-32(40)16-11-6-12-23-38-34(42)25-31(35(38)43)45-30-20-18-28(19-21-30)26-44-37-33(41)17-10-4-3-9-15-29(39)24-27-13-7-5-8-14-27/h1,5,7-8,13-14,18-21,31H,3-4,6,9-12,15-17,22-26H2,(H,36,40)(H,37,41). The maximum atomic E-state index is 12.8. The van der Waals surface area contributed by atoms with Gasteiger partial charge in [0.2, 0.25) is 23.6 Å². The van der Waals surface area contributed by atoms with Crippen molar-refractivity contribution in [1.82, 2.24) is 15.7 Å². The molecule has 0 radical (unpaired) electrons. The number of benzene rings is 2. The molecular formula is C35H43N3O6S. The molecule has 0 spiro atoms. The molecular weight excluding hydrogens is 590 g/mol. The van der Waals surface area contributed by atoms with Crippen molar-refractivity contribution in [3.8, 4) is 12.3 Å². The quantitative estimate of drug-likeness (QED) is 0.0867. The second kappa shape index (κ2) is 20.2. The van der Waals surface area contributed by atoms with Crippen molar-refractivity contribution in [2.24, 2.45) is 0 Å². The normalized spacial score (nSPS) is 14.3. The summed E-state index contributed by atoms with van der Waals surface area (Å²) in [5, 5.41) is 2.16. The van der Waals surface area contributed by atoms with Gasteiger partial charge in [-0.25, -0.2) is 5.48 Å². The number of terminal acetylenes is 1. The number of thioether (sulfide) groups is 1. The molecule has 2 aromatic rings. The number of amides is 4. The molecule has 1 atom stereocenters. The van der Waals surface area contributed by atoms with Gasteiger partial charge in [0.1, 0.15) is 5.78 Å². The number of likely N-dealkylation sites (tertiary alicyclic amines) is 1. The van der Waals surface area contributed by atoms with E-state index in [2.05, 4.69) is 16.7 Å². The molecule has 1 fully saturated rings. The molecule has 3 rings (SSSR count). The van der Waals surface area contributed by atoms with Crippen molar-refractivity contribution < 1.29 is 28.8 Å². The number of hydrogen-bond donors (Lipinski definition) is 2. The van der Waals surface area contributed by atoms with E-state index in [-0.39, 0.29) is 49.0 Å². The number of hydroxylamine groups is 1. The summed E-state index contributed by atoms with van der Waals surface area (Å²) < 4.78 is 0. The fraction of sp³-hybridized carbons (Fsp3) is 0.457. The van der Waals surface area contributed by atoms with Gasteiger partial charge in [-0.15, -0.1) is 18.2 Å². The Balaban J connectivity index is 1.23. The topological polar surface area (TPSA) is 122 Å². The monoisotopic (exact) mass is 633 g/mol. The molecule has 1 aliphatic rings. The fourth-order valence-electron chi connectivity index (χ4n) is 4.90. The van der Waals surface area contributed by atoms with Crippen LogP contribution < -0.4 is 10.8 Å². The number of imide groups is 1. The summed E-state index contributed by atoms with van der Waals surface area (Å²) >= 11 is 1.37. The van der Waals surface area contributed by atoms with E-state index >= 15 is 0 Å². The van der Waals surface area contributed by atoms with Gasteiger partial charge in [0.05, 0.1) is 18.4 Å². The first-order chi connectivity index (χ1) is 21.9. The van der Waals surface area contributed by atoms with E-state index in [1.807, 2.05) is 54.6 Å². The highest BCUT2D eigenvalue weighted by atomic mass is 32.2. The van der Waals surface area contributed by atoms with Crippen LogP contribution in [0.25, 0.3) is 0 Å². The maximum Gasteiger partial charge on any atom is 0.243 e. The van der Waals surface area contributed by atoms with Crippen molar-refractivity contribution in [2.75, 3.05) is 13.1 Å². The van der Waals surface area contributed by atoms with E-state index in [1.54, 1.807) is 0 Å². The van der Waals surface area contributed by atoms with Crippen LogP contribution in [0.1, 0.15) is 81.8 Å². The summed E-state index contributed by atoms with van der Waals surface area (Å²) in [6, 6.07) is 17.2. The number of nitrogens with zero attached hydrogens (tertiary/aromatic N) is 1. The third-order valence-corrected chi connectivity index (χ3v) is 8.55. The van der Waals surface area contributed by atoms with Gasteiger partial charge in [-0.05, 0) is 48.9 Å². The Morgan fingerprint density at radius 3 is 2.22 bits per heavy atom. The average molecular weight is 634 g/mol. The molecule has 0 aromatic heterocycles. The number of nitrogens with one attached hydrogen (secondary N) is 2. The van der Waals surface area contributed by atoms with E-state index in [9.17, 15) is 24.0 Å². The van der Waals surface area contributed by atoms with Crippen molar-refractivity contribution in [2.45, 2.75) is 93.8 Å². The lowest BCUT2D eigenvalue weighted by atomic mass is 10.0. The van der Waals surface area contributed by atoms with Crippen LogP contribution in [-0.4, -0.2) is 52.7 Å². The largest absolute Gasteiger partial charge is 0.345 e. The van der Waals surface area contributed by atoms with E-state index in [1.165, 1.54) is 16.7 Å². The highest BCUT2D eigenvalue weighted by Crippen LogP contribution is 2.32. The molecule has 2 N–H and O–H groups in total. The van der Waals surface area contributed by atoms with Gasteiger partial charge in [-0.1, -0.05) is 67.6 Å². The highest BCUT2D eigenvalue weighted by molar-refractivity contribution is 8.00. The van der Waals surface area contributed by atoms with E-state index in [0.717, 1.165) is 48.1 Å². The van der Waals surface area contributed by atoms with E-state index in [4.69, 9.17) is 11.3 Å². The number of carbonyl (C=O) groups is 5. The lowest BCUT2D eigenvalue weighted by Gasteiger charge is -2.14. The van der Waals surface area contributed by atoms with Crippen molar-refractivity contribution in [3.05, 3.63) is 65.7 Å². The minimum atomic E-state index is -0.455. The first-order valence-corrected chi connectivity index (χ1v) is 16.5. The Labute approximate surface area is 270 Å². The van der Waals surface area contributed by atoms with Crippen molar-refractivity contribution >= 4 is 41.2 Å². The Kier molecular flexibility index (Phi) is 15.9. The summed E-state index contributed by atoms with van der Waals surface area (Å²) in [5.74, 6) is 1.98. The molecule has 2 aromatic carbocycles. The maximum absolute atomic E-state index is 12.8. The first-order valence-electron chi connectivity index (χ1n) is 15.6. The van der Waals surface area contributed by atoms with Crippen LogP contribution in [0.15, 0.2) is 59.5 Å². The molecule has 9 nitrogen and oxygen atoms in total. The number of Topliss-reactive ketones (excluding diaryl/α,β-unsaturated/α-hetero) is 1. The molecule has 45 heavy (non-hydrogen) atoms. The molecule has 1 heterocycles. The number of ketones is 1. The van der Waals surface area contributed by atoms with Gasteiger partial charge in [0, 0.05) is 43.5 Å². The lowest BCUT2D eigenvalue weighted by molar-refractivity contribution is -0.138. The Bertz CT molecular complexity index is 1310. The number of carbonyl (C=O) groups excluding carboxylic acids is 5. The zero-order valence-corrected chi connectivity index (χ0v) is 26.6. The third kappa shape index (κ3) is 13.7. The smallest absolute Gasteiger partial charge is 0.243 e. The zero-order chi connectivity index (χ0) is 32.3. The minimum absolute atomic E-state index is 0.0941. The van der Waals surface area contributed by atoms with Gasteiger partial charge in [-0.2, -0.15) is 0 Å². The number of rotatable bonds is 21. The van der Waals surface area contributed by atoms with Crippen LogP contribution in [0.2, 0.25) is 0 Å². The number of unbranched alkanes of at least 4 members (excludes halogenated alkanes) is 5. The van der Waals surface area contributed by atoms with Gasteiger partial charge < -0.3 is 5.32 Å². The first kappa shape index (κ1) is 35.5. The molecule has 1 aliphatic heterocycles. The molecule has 0 saturated carbocycles. The number of hydrogen-bond acceptors (Lipinski definition) is 7. The van der Waals surface area contributed by atoms with Crippen LogP contribution in [0.3, 0.4) is 0 Å². The van der Waals surface area contributed by atoms with Gasteiger partial charge >= 0.3 is 0 Å². The van der Waals surface area contributed by atoms with Gasteiger partial charge in [-0.3, -0.25) is 33.7 Å². The SMILES string of the molecule is C#CCNC(=O)CCCCCN1C(=O)CC(Sc2ccc(CONC(=O)CCCCCCC(=O)Cc3ccccc3)cc2)C1=O. The Hall–Kier alpha value is -3.94. The molecule has 4 amide bonds. The summed E-state index contributed by atoms with van der Waals surface area (Å²) in [6.45, 7) is 0.784. The summed E-state index contributed by atoms with van der Waals surface area (Å²) in [7, 11) is 0. The zero-order valence-electron chi connectivity index (χ0n) is 25.8. The van der Waals surface area contributed by atoms with Crippen molar-refractivity contribution in [3.63, 3.8) is 0 Å². The van der Waals surface area contributed by atoms with Crippen LogP contribution in [-0.2, 0) is 41.8 Å². The average Bonchev–Trinajstić information content (AvgIpc) is 3.30. The Morgan fingerprint density at radius 2 is 1.51 bits per heavy atom. The Morgan fingerprint density at radius 1 is 0.844 bits per heavy atom. The van der Waals surface area contributed by atoms with Gasteiger partial charge in [0.15, 0.2) is 0 Å². The summed E-state index contributed by atoms with van der Waals surface area (Å²) in [6.07, 6.45) is 12.5. The summed E-state index contributed by atoms with van der Waals surface area (Å²) in [4.78, 5) is 68.6. The highest BCUT2D eigenvalue weighted by Gasteiger charge is 2.38. The molecule has 1 saturated heterocycles. The van der Waals surface area contributed by atoms with Crippen LogP contribution in [0.4, 0.5) is 0 Å². The molecule has 0 aliphatic carbocycles. The van der Waals surface area contributed by atoms with E-state index in [0.29, 0.717) is 45.1 Å². The van der Waals surface area contributed by atoms with Crippen molar-refractivity contribution in [1.29, 1.82) is 0 Å². The molecule has 240 valence electrons. The second-order valence-corrected chi connectivity index (χ2v) is 12.3. The van der Waals surface area contributed by atoms with Gasteiger partial charge in [0.25, 0.3) is 0 Å². The lowest BCUT2D eigenvalue weighted by Crippen LogP contribution is -2.32. The fourth-order valence-corrected chi connectivity index (χ4v) is 5.98. The van der Waals surface area contributed by atoms with E-state index < -0.39 is 5.25 Å². The molecule has 10 heteroatoms. The second-order valence-electron chi connectivity index (χ2n) is 11.1. The predicted molar refractivity (Wildman–Crippen MR) is 174 cm³/mol. The minimum Gasteiger partial charge on any atom is -0.345 e. The van der Waals surface area contributed by atoms with Crippen LogP contribution in [0, 0.1) is 12.3 Å². The molecule has 0 bridgehead atoms. The van der Waals surface area contributed by atoms with Crippen LogP contribution in [0.5, 0.6) is 0 Å². The van der Waals surface area contributed by atoms with Crippen LogP contribution >= 0.6 is 11.8 Å². The third-order valence-electron chi connectivity index (χ3n) is 7.36.